The highest BCUT2D eigenvalue weighted by Crippen LogP contribution is 2.32. The number of aromatic nitrogens is 5. The molecular weight excluding hydrogens is 524 g/mol. The fraction of sp³-hybridized carbons (Fsp3) is 0.345. The van der Waals surface area contributed by atoms with Gasteiger partial charge in [0.05, 0.1) is 19.2 Å². The van der Waals surface area contributed by atoms with E-state index in [1.54, 1.807) is 23.7 Å². The molecule has 2 aliphatic rings. The number of hydrogen-bond donors (Lipinski definition) is 2. The van der Waals surface area contributed by atoms with Gasteiger partial charge in [-0.15, -0.1) is 0 Å². The molecule has 0 saturated heterocycles. The lowest BCUT2D eigenvalue weighted by molar-refractivity contribution is -0.121. The van der Waals surface area contributed by atoms with E-state index >= 15 is 0 Å². The topological polar surface area (TPSA) is 131 Å². The predicted octanol–water partition coefficient (Wildman–Crippen LogP) is 2.39. The van der Waals surface area contributed by atoms with Crippen LogP contribution in [0.2, 0.25) is 0 Å². The van der Waals surface area contributed by atoms with Crippen molar-refractivity contribution in [3.63, 3.8) is 0 Å². The van der Waals surface area contributed by atoms with E-state index in [9.17, 15) is 14.7 Å². The minimum Gasteiger partial charge on any atom is -0.480 e. The number of aliphatic hydroxyl groups excluding tert-OH is 1. The summed E-state index contributed by atoms with van der Waals surface area (Å²) in [5.74, 6) is 1.10. The lowest BCUT2D eigenvalue weighted by Crippen LogP contribution is -2.43. The van der Waals surface area contributed by atoms with Crippen molar-refractivity contribution in [3.05, 3.63) is 70.2 Å². The molecule has 2 N–H and O–H groups in total. The third-order valence-corrected chi connectivity index (χ3v) is 7.25. The molecule has 5 heterocycles. The van der Waals surface area contributed by atoms with E-state index in [0.717, 1.165) is 25.2 Å². The molecule has 0 aliphatic carbocycles. The van der Waals surface area contributed by atoms with Crippen molar-refractivity contribution in [2.75, 3.05) is 37.0 Å². The quantitative estimate of drug-likeness (QED) is 0.330. The highest BCUT2D eigenvalue weighted by atomic mass is 16.5. The van der Waals surface area contributed by atoms with Gasteiger partial charge in [0.25, 0.3) is 11.5 Å². The van der Waals surface area contributed by atoms with Crippen molar-refractivity contribution in [1.82, 2.24) is 29.2 Å². The summed E-state index contributed by atoms with van der Waals surface area (Å²) in [7, 11) is 2.11. The van der Waals surface area contributed by atoms with Crippen LogP contribution in [0.25, 0.3) is 16.9 Å². The number of rotatable bonds is 7. The smallest absolute Gasteiger partial charge is 0.278 e. The third kappa shape index (κ3) is 5.07. The molecule has 0 bridgehead atoms. The van der Waals surface area contributed by atoms with Crippen LogP contribution in [-0.4, -0.2) is 73.1 Å². The number of nitrogens with zero attached hydrogens (tertiary/aromatic N) is 7. The number of allylic oxidation sites excluding steroid dienone is 2. The van der Waals surface area contributed by atoms with Crippen LogP contribution in [-0.2, 0) is 24.3 Å². The van der Waals surface area contributed by atoms with Crippen molar-refractivity contribution >= 4 is 34.4 Å². The molecule has 4 aromatic rings. The molecule has 0 fully saturated rings. The number of hydrogen-bond acceptors (Lipinski definition) is 9. The first-order valence-electron chi connectivity index (χ1n) is 13.6. The molecule has 2 aliphatic heterocycles. The zero-order valence-corrected chi connectivity index (χ0v) is 23.2. The first kappa shape index (κ1) is 26.7. The van der Waals surface area contributed by atoms with E-state index in [1.807, 2.05) is 25.1 Å². The van der Waals surface area contributed by atoms with Crippen LogP contribution in [0, 0.1) is 0 Å². The maximum Gasteiger partial charge on any atom is 0.278 e. The number of benzene rings is 1. The van der Waals surface area contributed by atoms with Gasteiger partial charge in [-0.2, -0.15) is 4.98 Å². The van der Waals surface area contributed by atoms with Gasteiger partial charge in [-0.1, -0.05) is 18.2 Å². The Kier molecular flexibility index (Phi) is 7.01. The number of pyridine rings is 1. The van der Waals surface area contributed by atoms with Crippen LogP contribution in [0.3, 0.4) is 0 Å². The fourth-order valence-corrected chi connectivity index (χ4v) is 5.23. The largest absolute Gasteiger partial charge is 0.480 e. The second kappa shape index (κ2) is 10.8. The number of ether oxygens (including phenoxy) is 1. The van der Waals surface area contributed by atoms with Crippen LogP contribution >= 0.6 is 0 Å². The highest BCUT2D eigenvalue weighted by Gasteiger charge is 2.29. The molecule has 12 nitrogen and oxygen atoms in total. The maximum atomic E-state index is 13.5. The van der Waals surface area contributed by atoms with Crippen molar-refractivity contribution in [2.24, 2.45) is 0 Å². The second-order valence-corrected chi connectivity index (χ2v) is 10.4. The Morgan fingerprint density at radius 2 is 2.02 bits per heavy atom. The molecule has 41 heavy (non-hydrogen) atoms. The Hall–Kier alpha value is -4.55. The summed E-state index contributed by atoms with van der Waals surface area (Å²) in [4.78, 5) is 43.8. The summed E-state index contributed by atoms with van der Waals surface area (Å²) in [6.45, 7) is 5.60. The number of carbonyl (C=O) groups excluding carboxylic acids is 1. The number of amides is 1. The van der Waals surface area contributed by atoms with Crippen molar-refractivity contribution < 1.29 is 14.6 Å². The molecule has 212 valence electrons. The molecule has 6 rings (SSSR count). The zero-order valence-electron chi connectivity index (χ0n) is 23.2. The third-order valence-electron chi connectivity index (χ3n) is 7.25. The second-order valence-electron chi connectivity index (χ2n) is 10.4. The predicted molar refractivity (Wildman–Crippen MR) is 155 cm³/mol. The average molecular weight is 557 g/mol. The van der Waals surface area contributed by atoms with Gasteiger partial charge >= 0.3 is 0 Å². The summed E-state index contributed by atoms with van der Waals surface area (Å²) in [6, 6.07) is 9.68. The molecule has 0 radical (unpaired) electrons. The van der Waals surface area contributed by atoms with Crippen molar-refractivity contribution in [3.8, 4) is 11.6 Å². The van der Waals surface area contributed by atoms with Gasteiger partial charge in [-0.05, 0) is 62.7 Å². The molecule has 1 atom stereocenters. The molecule has 12 heteroatoms. The van der Waals surface area contributed by atoms with Gasteiger partial charge in [-0.25, -0.2) is 19.3 Å². The fourth-order valence-electron chi connectivity index (χ4n) is 5.23. The average Bonchev–Trinajstić information content (AvgIpc) is 3.23. The molecule has 1 aromatic carbocycles. The van der Waals surface area contributed by atoms with E-state index in [0.29, 0.717) is 28.5 Å². The standard InChI is InChI=1S/C29H32N8O4/c1-4-5-11-36-28(40)22-14-30-29(31-21-7-6-19-10-12-34(3)16-20(19)13-21)33-26(22)37(36)24-9-8-23-27(32-24)35(15-18(2)38)25(39)17-41-23/h4-9,13-14,18,38H,10-12,15-17H2,1-3H3,(H,30,31,33)/b5-4-. The summed E-state index contributed by atoms with van der Waals surface area (Å²) >= 11 is 0. The molecule has 1 unspecified atom stereocenters. The van der Waals surface area contributed by atoms with E-state index in [1.165, 1.54) is 26.9 Å². The van der Waals surface area contributed by atoms with Gasteiger partial charge in [0.2, 0.25) is 5.95 Å². The summed E-state index contributed by atoms with van der Waals surface area (Å²) in [6.07, 6.45) is 5.49. The number of carbonyl (C=O) groups is 1. The summed E-state index contributed by atoms with van der Waals surface area (Å²) in [5.41, 5.74) is 3.56. The van der Waals surface area contributed by atoms with Gasteiger partial charge in [0, 0.05) is 25.0 Å². The number of fused-ring (bicyclic) bond motifs is 3. The first-order valence-corrected chi connectivity index (χ1v) is 13.6. The van der Waals surface area contributed by atoms with E-state index in [-0.39, 0.29) is 37.0 Å². The number of anilines is 3. The van der Waals surface area contributed by atoms with Crippen LogP contribution in [0.4, 0.5) is 17.5 Å². The first-order chi connectivity index (χ1) is 19.8. The van der Waals surface area contributed by atoms with Gasteiger partial charge in [0.1, 0.15) is 5.39 Å². The molecular formula is C29H32N8O4. The highest BCUT2D eigenvalue weighted by molar-refractivity contribution is 5.96. The Morgan fingerprint density at radius 3 is 2.83 bits per heavy atom. The van der Waals surface area contributed by atoms with Crippen molar-refractivity contribution in [1.29, 1.82) is 0 Å². The SMILES string of the molecule is C/C=C\Cn1c(=O)c2cnc(Nc3ccc4c(c3)CN(C)CC4)nc2n1-c1ccc2c(n1)N(CC(C)O)C(=O)CO2. The number of nitrogens with one attached hydrogen (secondary N) is 1. The minimum absolute atomic E-state index is 0.0657. The van der Waals surface area contributed by atoms with Crippen LogP contribution in [0.15, 0.2) is 53.5 Å². The molecule has 1 amide bonds. The normalized spacial score (nSPS) is 16.1. The Morgan fingerprint density at radius 1 is 1.17 bits per heavy atom. The molecule has 3 aromatic heterocycles. The summed E-state index contributed by atoms with van der Waals surface area (Å²) < 4.78 is 8.75. The number of β-amino-alcohol motifs (C(OH)–C–C–N with tert-alkyl or cyclic N) is 1. The molecule has 0 spiro atoms. The maximum absolute atomic E-state index is 13.5. The minimum atomic E-state index is -0.763. The Labute approximate surface area is 236 Å². The van der Waals surface area contributed by atoms with Gasteiger partial charge in [-0.3, -0.25) is 14.5 Å². The Balaban J connectivity index is 1.45. The number of likely N-dealkylation sites (N-methyl/N-ethyl adjacent to an activating group) is 1. The van der Waals surface area contributed by atoms with Gasteiger partial charge in [0.15, 0.2) is 29.6 Å². The van der Waals surface area contributed by atoms with Crippen LogP contribution < -0.4 is 20.5 Å². The van der Waals surface area contributed by atoms with Crippen molar-refractivity contribution in [2.45, 2.75) is 39.5 Å². The summed E-state index contributed by atoms with van der Waals surface area (Å²) in [5, 5.41) is 13.6. The lowest BCUT2D eigenvalue weighted by Gasteiger charge is -2.29. The van der Waals surface area contributed by atoms with Crippen LogP contribution in [0.1, 0.15) is 25.0 Å². The Bertz CT molecular complexity index is 1720. The van der Waals surface area contributed by atoms with E-state index in [4.69, 9.17) is 14.7 Å². The van der Waals surface area contributed by atoms with Crippen LogP contribution in [0.5, 0.6) is 5.75 Å². The van der Waals surface area contributed by atoms with Gasteiger partial charge < -0.3 is 20.1 Å². The monoisotopic (exact) mass is 556 g/mol. The van der Waals surface area contributed by atoms with E-state index in [2.05, 4.69) is 34.4 Å². The molecule has 0 saturated carbocycles. The van der Waals surface area contributed by atoms with E-state index < -0.39 is 6.10 Å². The zero-order chi connectivity index (χ0) is 28.7. The number of aliphatic hydroxyl groups is 1. The lowest BCUT2D eigenvalue weighted by atomic mass is 9.99.